The van der Waals surface area contributed by atoms with Crippen LogP contribution in [-0.2, 0) is 0 Å². The summed E-state index contributed by atoms with van der Waals surface area (Å²) in [5, 5.41) is 18.3. The normalized spacial score (nSPS) is 11.9. The van der Waals surface area contributed by atoms with Crippen LogP contribution >= 0.6 is 11.6 Å². The number of aromatic nitrogens is 4. The minimum Gasteiger partial charge on any atom is -0.378 e. The lowest BCUT2D eigenvalue weighted by molar-refractivity contribution is 0.799. The van der Waals surface area contributed by atoms with Crippen molar-refractivity contribution in [2.24, 2.45) is 0 Å². The first-order chi connectivity index (χ1) is 11.3. The molecule has 0 unspecified atom stereocenters. The molecule has 0 fully saturated rings. The molecule has 1 aromatic heterocycles. The number of rotatable bonds is 6. The molecule has 0 spiro atoms. The fourth-order valence-corrected chi connectivity index (χ4v) is 2.59. The Labute approximate surface area is 139 Å². The zero-order valence-corrected chi connectivity index (χ0v) is 13.2. The van der Waals surface area contributed by atoms with E-state index in [2.05, 4.69) is 44.7 Å². The average molecular weight is 326 g/mol. The van der Waals surface area contributed by atoms with Gasteiger partial charge in [-0.15, -0.1) is 16.8 Å². The smallest absolute Gasteiger partial charge is 0.204 e. The lowest BCUT2D eigenvalue weighted by atomic mass is 10.0. The van der Waals surface area contributed by atoms with Crippen LogP contribution in [0, 0.1) is 0 Å². The standard InChI is InChI=1S/C17H16ClN5/c1-2-5-16(19-15-9-4-8-14(18)11-15)12-6-3-7-13(10-12)17-20-22-23-21-17/h2-4,6-11,16,19H,1,5H2,(H,20,21,22,23)/t16-/m0/s1. The number of hydrogen-bond acceptors (Lipinski definition) is 4. The number of nitrogens with zero attached hydrogens (tertiary/aromatic N) is 3. The molecule has 0 aliphatic rings. The highest BCUT2D eigenvalue weighted by atomic mass is 35.5. The van der Waals surface area contributed by atoms with Crippen LogP contribution in [0.5, 0.6) is 0 Å². The quantitative estimate of drug-likeness (QED) is 0.665. The molecule has 0 aliphatic carbocycles. The fraction of sp³-hybridized carbons (Fsp3) is 0.118. The van der Waals surface area contributed by atoms with Crippen molar-refractivity contribution in [3.63, 3.8) is 0 Å². The van der Waals surface area contributed by atoms with Gasteiger partial charge < -0.3 is 5.32 Å². The molecular formula is C17H16ClN5. The zero-order chi connectivity index (χ0) is 16.1. The lowest BCUT2D eigenvalue weighted by Gasteiger charge is -2.19. The number of aromatic amines is 1. The second-order valence-electron chi connectivity index (χ2n) is 5.09. The Bertz CT molecular complexity index is 785. The number of H-pyrrole nitrogens is 1. The maximum atomic E-state index is 6.06. The number of benzene rings is 2. The highest BCUT2D eigenvalue weighted by molar-refractivity contribution is 6.30. The van der Waals surface area contributed by atoms with Crippen molar-refractivity contribution in [3.8, 4) is 11.4 Å². The Morgan fingerprint density at radius 3 is 2.83 bits per heavy atom. The number of halogens is 1. The minimum atomic E-state index is 0.0813. The molecule has 0 aliphatic heterocycles. The van der Waals surface area contributed by atoms with Gasteiger partial charge in [0.05, 0.1) is 6.04 Å². The third-order valence-electron chi connectivity index (χ3n) is 3.46. The van der Waals surface area contributed by atoms with Crippen LogP contribution in [0.4, 0.5) is 5.69 Å². The zero-order valence-electron chi connectivity index (χ0n) is 12.4. The van der Waals surface area contributed by atoms with Gasteiger partial charge in [-0.3, -0.25) is 0 Å². The van der Waals surface area contributed by atoms with Crippen molar-refractivity contribution in [2.45, 2.75) is 12.5 Å². The van der Waals surface area contributed by atoms with Crippen LogP contribution in [0.25, 0.3) is 11.4 Å². The summed E-state index contributed by atoms with van der Waals surface area (Å²) >= 11 is 6.06. The minimum absolute atomic E-state index is 0.0813. The molecule has 3 rings (SSSR count). The van der Waals surface area contributed by atoms with Crippen molar-refractivity contribution in [3.05, 3.63) is 71.8 Å². The van der Waals surface area contributed by atoms with Gasteiger partial charge in [0.25, 0.3) is 0 Å². The first-order valence-corrected chi connectivity index (χ1v) is 7.61. The second kappa shape index (κ2) is 7.07. The highest BCUT2D eigenvalue weighted by Crippen LogP contribution is 2.27. The summed E-state index contributed by atoms with van der Waals surface area (Å²) in [6.45, 7) is 3.85. The van der Waals surface area contributed by atoms with E-state index >= 15 is 0 Å². The monoisotopic (exact) mass is 325 g/mol. The van der Waals surface area contributed by atoms with Crippen LogP contribution in [0.3, 0.4) is 0 Å². The molecule has 1 atom stereocenters. The molecule has 0 bridgehead atoms. The Morgan fingerprint density at radius 2 is 2.09 bits per heavy atom. The summed E-state index contributed by atoms with van der Waals surface area (Å²) in [5.74, 6) is 0.576. The molecule has 116 valence electrons. The maximum absolute atomic E-state index is 6.06. The van der Waals surface area contributed by atoms with Crippen molar-refractivity contribution in [2.75, 3.05) is 5.32 Å². The van der Waals surface area contributed by atoms with E-state index in [-0.39, 0.29) is 6.04 Å². The molecule has 1 heterocycles. The summed E-state index contributed by atoms with van der Waals surface area (Å²) in [5.41, 5.74) is 3.00. The van der Waals surface area contributed by atoms with Gasteiger partial charge >= 0.3 is 0 Å². The van der Waals surface area contributed by atoms with Crippen LogP contribution < -0.4 is 5.32 Å². The molecule has 0 radical (unpaired) electrons. The van der Waals surface area contributed by atoms with Gasteiger partial charge in [-0.05, 0) is 41.5 Å². The van der Waals surface area contributed by atoms with Crippen molar-refractivity contribution >= 4 is 17.3 Å². The Balaban J connectivity index is 1.89. The first-order valence-electron chi connectivity index (χ1n) is 7.23. The third kappa shape index (κ3) is 3.76. The Hall–Kier alpha value is -2.66. The van der Waals surface area contributed by atoms with Crippen LogP contribution in [0.1, 0.15) is 18.0 Å². The predicted molar refractivity (Wildman–Crippen MR) is 92.2 cm³/mol. The van der Waals surface area contributed by atoms with Gasteiger partial charge in [0.15, 0.2) is 0 Å². The van der Waals surface area contributed by atoms with Crippen LogP contribution in [0.2, 0.25) is 5.02 Å². The molecule has 2 N–H and O–H groups in total. The van der Waals surface area contributed by atoms with Crippen LogP contribution in [0.15, 0.2) is 61.2 Å². The molecule has 23 heavy (non-hydrogen) atoms. The molecule has 5 nitrogen and oxygen atoms in total. The molecule has 0 saturated carbocycles. The molecule has 0 saturated heterocycles. The topological polar surface area (TPSA) is 66.5 Å². The fourth-order valence-electron chi connectivity index (χ4n) is 2.40. The molecule has 2 aromatic carbocycles. The predicted octanol–water partition coefficient (Wildman–Crippen LogP) is 4.25. The van der Waals surface area contributed by atoms with Gasteiger partial charge in [-0.1, -0.05) is 41.9 Å². The summed E-state index contributed by atoms with van der Waals surface area (Å²) in [4.78, 5) is 0. The van der Waals surface area contributed by atoms with E-state index in [9.17, 15) is 0 Å². The van der Waals surface area contributed by atoms with Gasteiger partial charge in [-0.25, -0.2) is 0 Å². The van der Waals surface area contributed by atoms with Crippen molar-refractivity contribution in [1.82, 2.24) is 20.6 Å². The SMILES string of the molecule is C=CC[C@H](Nc1cccc(Cl)c1)c1cccc(-c2nn[nH]n2)c1. The van der Waals surface area contributed by atoms with Crippen molar-refractivity contribution in [1.29, 1.82) is 0 Å². The van der Waals surface area contributed by atoms with E-state index in [1.54, 1.807) is 0 Å². The number of hydrogen-bond donors (Lipinski definition) is 2. The van der Waals surface area contributed by atoms with E-state index in [0.29, 0.717) is 10.8 Å². The summed E-state index contributed by atoms with van der Waals surface area (Å²) in [6.07, 6.45) is 2.67. The second-order valence-corrected chi connectivity index (χ2v) is 5.53. The largest absolute Gasteiger partial charge is 0.378 e. The van der Waals surface area contributed by atoms with E-state index in [1.807, 2.05) is 42.5 Å². The van der Waals surface area contributed by atoms with E-state index in [1.165, 1.54) is 0 Å². The van der Waals surface area contributed by atoms with E-state index < -0.39 is 0 Å². The number of nitrogens with one attached hydrogen (secondary N) is 2. The lowest BCUT2D eigenvalue weighted by Crippen LogP contribution is -2.10. The van der Waals surface area contributed by atoms with Crippen molar-refractivity contribution < 1.29 is 0 Å². The third-order valence-corrected chi connectivity index (χ3v) is 3.70. The first kappa shape index (κ1) is 15.2. The molecule has 3 aromatic rings. The molecular weight excluding hydrogens is 310 g/mol. The van der Waals surface area contributed by atoms with E-state index in [4.69, 9.17) is 11.6 Å². The van der Waals surface area contributed by atoms with Crippen LogP contribution in [-0.4, -0.2) is 20.6 Å². The number of tetrazole rings is 1. The number of anilines is 1. The summed E-state index contributed by atoms with van der Waals surface area (Å²) in [6, 6.07) is 15.8. The molecule has 0 amide bonds. The maximum Gasteiger partial charge on any atom is 0.204 e. The Morgan fingerprint density at radius 1 is 1.22 bits per heavy atom. The Kier molecular flexibility index (Phi) is 4.68. The van der Waals surface area contributed by atoms with Gasteiger partial charge in [0.2, 0.25) is 5.82 Å². The highest BCUT2D eigenvalue weighted by Gasteiger charge is 2.12. The van der Waals surface area contributed by atoms with Gasteiger partial charge in [0.1, 0.15) is 0 Å². The molecule has 6 heteroatoms. The van der Waals surface area contributed by atoms with E-state index in [0.717, 1.165) is 23.2 Å². The van der Waals surface area contributed by atoms with Gasteiger partial charge in [-0.2, -0.15) is 5.21 Å². The van der Waals surface area contributed by atoms with Gasteiger partial charge in [0, 0.05) is 16.3 Å². The summed E-state index contributed by atoms with van der Waals surface area (Å²) in [7, 11) is 0. The average Bonchev–Trinajstić information content (AvgIpc) is 3.09. The summed E-state index contributed by atoms with van der Waals surface area (Å²) < 4.78 is 0.